The van der Waals surface area contributed by atoms with Crippen molar-refractivity contribution >= 4 is 17.5 Å². The van der Waals surface area contributed by atoms with Crippen molar-refractivity contribution in [2.75, 3.05) is 11.1 Å². The highest BCUT2D eigenvalue weighted by molar-refractivity contribution is 6.02. The average Bonchev–Trinajstić information content (AvgIpc) is 2.75. The monoisotopic (exact) mass is 193 g/mol. The number of aromatic amines is 1. The van der Waals surface area contributed by atoms with Gasteiger partial charge in [0, 0.05) is 12.1 Å². The van der Waals surface area contributed by atoms with Crippen LogP contribution in [0.15, 0.2) is 22.9 Å². The Morgan fingerprint density at radius 2 is 2.50 bits per heavy atom. The lowest BCUT2D eigenvalue weighted by Crippen LogP contribution is -2.12. The third-order valence-electron chi connectivity index (χ3n) is 1.52. The van der Waals surface area contributed by atoms with E-state index in [9.17, 15) is 4.79 Å². The lowest BCUT2D eigenvalue weighted by Gasteiger charge is -1.95. The smallest absolute Gasteiger partial charge is 0.274 e. The molecule has 2 aromatic heterocycles. The highest BCUT2D eigenvalue weighted by Crippen LogP contribution is 2.05. The van der Waals surface area contributed by atoms with Gasteiger partial charge in [-0.05, 0) is 0 Å². The highest BCUT2D eigenvalue weighted by atomic mass is 16.5. The first kappa shape index (κ1) is 8.30. The first-order valence-corrected chi connectivity index (χ1v) is 3.78. The summed E-state index contributed by atoms with van der Waals surface area (Å²) >= 11 is 0. The molecule has 1 amide bonds. The molecule has 0 saturated heterocycles. The maximum atomic E-state index is 11.4. The van der Waals surface area contributed by atoms with E-state index in [2.05, 4.69) is 25.2 Å². The molecule has 0 atom stereocenters. The van der Waals surface area contributed by atoms with Gasteiger partial charge in [-0.1, -0.05) is 5.16 Å². The number of H-pyrrole nitrogens is 1. The van der Waals surface area contributed by atoms with Gasteiger partial charge in [-0.2, -0.15) is 5.10 Å². The molecule has 2 heterocycles. The molecule has 14 heavy (non-hydrogen) atoms. The van der Waals surface area contributed by atoms with Gasteiger partial charge in [-0.25, -0.2) is 0 Å². The molecule has 0 aliphatic heterocycles. The van der Waals surface area contributed by atoms with Gasteiger partial charge in [0.15, 0.2) is 5.82 Å². The van der Waals surface area contributed by atoms with E-state index in [1.165, 1.54) is 18.4 Å². The number of nitrogens with one attached hydrogen (secondary N) is 2. The largest absolute Gasteiger partial charge is 0.382 e. The molecule has 0 fully saturated rings. The number of hydrogen-bond donors (Lipinski definition) is 3. The van der Waals surface area contributed by atoms with Crippen LogP contribution >= 0.6 is 0 Å². The molecule has 2 rings (SSSR count). The predicted octanol–water partition coefficient (Wildman–Crippen LogP) is 0.232. The summed E-state index contributed by atoms with van der Waals surface area (Å²) in [6.45, 7) is 0. The van der Waals surface area contributed by atoms with Gasteiger partial charge in [-0.15, -0.1) is 0 Å². The van der Waals surface area contributed by atoms with Gasteiger partial charge in [0.05, 0.1) is 0 Å². The molecule has 7 heteroatoms. The van der Waals surface area contributed by atoms with Crippen LogP contribution in [0.5, 0.6) is 0 Å². The molecule has 0 unspecified atom stereocenters. The van der Waals surface area contributed by atoms with E-state index in [1.54, 1.807) is 0 Å². The first-order chi connectivity index (χ1) is 6.75. The van der Waals surface area contributed by atoms with Crippen molar-refractivity contribution in [1.82, 2.24) is 15.4 Å². The number of amides is 1. The number of carbonyl (C=O) groups is 1. The van der Waals surface area contributed by atoms with Gasteiger partial charge in [-0.3, -0.25) is 9.89 Å². The maximum Gasteiger partial charge on any atom is 0.274 e. The Morgan fingerprint density at radius 1 is 1.64 bits per heavy atom. The van der Waals surface area contributed by atoms with Crippen LogP contribution in [-0.4, -0.2) is 21.3 Å². The van der Waals surface area contributed by atoms with Gasteiger partial charge in [0.2, 0.25) is 0 Å². The van der Waals surface area contributed by atoms with E-state index in [1.807, 2.05) is 0 Å². The molecule has 0 spiro atoms. The number of carbonyl (C=O) groups excluding carboxylic acids is 1. The van der Waals surface area contributed by atoms with Gasteiger partial charge >= 0.3 is 0 Å². The molecule has 7 nitrogen and oxygen atoms in total. The predicted molar refractivity (Wildman–Crippen MR) is 47.5 cm³/mol. The minimum Gasteiger partial charge on any atom is -0.382 e. The quantitative estimate of drug-likeness (QED) is 0.632. The summed E-state index contributed by atoms with van der Waals surface area (Å²) in [5, 5.41) is 12.1. The fraction of sp³-hybridized carbons (Fsp3) is 0. The number of rotatable bonds is 2. The Balaban J connectivity index is 2.10. The second kappa shape index (κ2) is 3.21. The van der Waals surface area contributed by atoms with Crippen LogP contribution in [0.1, 0.15) is 10.5 Å². The molecule has 0 aromatic carbocycles. The van der Waals surface area contributed by atoms with Crippen LogP contribution < -0.4 is 11.1 Å². The minimum atomic E-state index is -0.372. The molecule has 0 bridgehead atoms. The van der Waals surface area contributed by atoms with Crippen LogP contribution in [0.3, 0.4) is 0 Å². The van der Waals surface area contributed by atoms with Gasteiger partial charge < -0.3 is 15.6 Å². The van der Waals surface area contributed by atoms with Crippen LogP contribution in [0.4, 0.5) is 11.6 Å². The summed E-state index contributed by atoms with van der Waals surface area (Å²) in [7, 11) is 0. The molecular formula is C7H7N5O2. The molecule has 0 aliphatic rings. The third-order valence-corrected chi connectivity index (χ3v) is 1.52. The Morgan fingerprint density at radius 3 is 3.07 bits per heavy atom. The molecule has 0 radical (unpaired) electrons. The van der Waals surface area contributed by atoms with Crippen molar-refractivity contribution in [2.24, 2.45) is 0 Å². The first-order valence-electron chi connectivity index (χ1n) is 3.78. The number of nitrogen functional groups attached to an aromatic ring is 1. The zero-order valence-corrected chi connectivity index (χ0v) is 7.02. The average molecular weight is 193 g/mol. The second-order valence-electron chi connectivity index (χ2n) is 2.55. The van der Waals surface area contributed by atoms with E-state index < -0.39 is 0 Å². The third kappa shape index (κ3) is 1.56. The number of aromatic nitrogens is 3. The van der Waals surface area contributed by atoms with E-state index >= 15 is 0 Å². The van der Waals surface area contributed by atoms with Crippen molar-refractivity contribution in [3.8, 4) is 0 Å². The summed E-state index contributed by atoms with van der Waals surface area (Å²) in [5.41, 5.74) is 5.60. The van der Waals surface area contributed by atoms with E-state index in [0.717, 1.165) is 0 Å². The summed E-state index contributed by atoms with van der Waals surface area (Å²) < 4.78 is 4.54. The molecule has 2 aromatic rings. The van der Waals surface area contributed by atoms with E-state index in [4.69, 9.17) is 5.73 Å². The maximum absolute atomic E-state index is 11.4. The zero-order chi connectivity index (χ0) is 9.97. The Labute approximate surface area is 78.3 Å². The molecule has 0 saturated carbocycles. The standard InChI is InChI=1S/C7H7N5O2/c8-5-3-4(10-11-5)7(13)9-6-1-2-14-12-6/h1-3H,(H3,8,10,11)(H,9,12,13). The van der Waals surface area contributed by atoms with Crippen molar-refractivity contribution < 1.29 is 9.32 Å². The number of anilines is 2. The van der Waals surface area contributed by atoms with Crippen LogP contribution in [0, 0.1) is 0 Å². The second-order valence-corrected chi connectivity index (χ2v) is 2.55. The van der Waals surface area contributed by atoms with E-state index in [-0.39, 0.29) is 17.4 Å². The summed E-state index contributed by atoms with van der Waals surface area (Å²) in [6, 6.07) is 2.95. The Bertz CT molecular complexity index is 433. The van der Waals surface area contributed by atoms with Gasteiger partial charge in [0.1, 0.15) is 17.8 Å². The molecule has 72 valence electrons. The number of nitrogens with two attached hydrogens (primary N) is 1. The van der Waals surface area contributed by atoms with Crippen LogP contribution in [0.25, 0.3) is 0 Å². The lowest BCUT2D eigenvalue weighted by atomic mass is 10.4. The van der Waals surface area contributed by atoms with Crippen LogP contribution in [-0.2, 0) is 0 Å². The van der Waals surface area contributed by atoms with E-state index in [0.29, 0.717) is 5.82 Å². The molecular weight excluding hydrogens is 186 g/mol. The number of hydrogen-bond acceptors (Lipinski definition) is 5. The van der Waals surface area contributed by atoms with Gasteiger partial charge in [0.25, 0.3) is 5.91 Å². The lowest BCUT2D eigenvalue weighted by molar-refractivity contribution is 0.102. The van der Waals surface area contributed by atoms with Crippen LogP contribution in [0.2, 0.25) is 0 Å². The zero-order valence-electron chi connectivity index (χ0n) is 7.02. The topological polar surface area (TPSA) is 110 Å². The number of nitrogens with zero attached hydrogens (tertiary/aromatic N) is 2. The fourth-order valence-electron chi connectivity index (χ4n) is 0.914. The van der Waals surface area contributed by atoms with Crippen molar-refractivity contribution in [1.29, 1.82) is 0 Å². The molecule has 4 N–H and O–H groups in total. The summed E-state index contributed by atoms with van der Waals surface area (Å²) in [6.07, 6.45) is 1.36. The Kier molecular flexibility index (Phi) is 1.90. The minimum absolute atomic E-state index is 0.260. The molecule has 0 aliphatic carbocycles. The van der Waals surface area contributed by atoms with Crippen molar-refractivity contribution in [3.05, 3.63) is 24.1 Å². The highest BCUT2D eigenvalue weighted by Gasteiger charge is 2.09. The Hall–Kier alpha value is -2.31. The van der Waals surface area contributed by atoms with Crippen molar-refractivity contribution in [2.45, 2.75) is 0 Å². The fourth-order valence-corrected chi connectivity index (χ4v) is 0.914. The summed E-state index contributed by atoms with van der Waals surface area (Å²) in [5.74, 6) is 0.224. The van der Waals surface area contributed by atoms with Crippen molar-refractivity contribution in [3.63, 3.8) is 0 Å². The SMILES string of the molecule is Nc1cc(C(=O)Nc2ccon2)[nH]n1. The normalized spacial score (nSPS) is 10.0. The summed E-state index contributed by atoms with van der Waals surface area (Å²) in [4.78, 5) is 11.4.